The Balaban J connectivity index is -0.0000000246. The highest BCUT2D eigenvalue weighted by Gasteiger charge is 1.15. The SMILES string of the molecule is C#CC.C=C.C=CC.CC. The largest absolute Gasteiger partial charge is 0.120 e. The molecule has 0 amide bonds. The molecule has 0 fully saturated rings. The van der Waals surface area contributed by atoms with Crippen molar-refractivity contribution in [3.8, 4) is 12.3 Å². The molecule has 0 heterocycles. The Kier molecular flexibility index (Phi) is 848. The Morgan fingerprint density at radius 3 is 1.30 bits per heavy atom. The Hall–Kier alpha value is -0.960. The van der Waals surface area contributed by atoms with Crippen LogP contribution in [0.15, 0.2) is 25.8 Å². The van der Waals surface area contributed by atoms with Crippen LogP contribution in [0.5, 0.6) is 0 Å². The van der Waals surface area contributed by atoms with Gasteiger partial charge in [-0.3, -0.25) is 0 Å². The van der Waals surface area contributed by atoms with Crippen LogP contribution in [0.2, 0.25) is 0 Å². The van der Waals surface area contributed by atoms with E-state index in [-0.39, 0.29) is 0 Å². The van der Waals surface area contributed by atoms with E-state index in [0.717, 1.165) is 0 Å². The van der Waals surface area contributed by atoms with Gasteiger partial charge in [0.1, 0.15) is 0 Å². The Morgan fingerprint density at radius 1 is 1.30 bits per heavy atom. The van der Waals surface area contributed by atoms with E-state index in [1.54, 1.807) is 13.0 Å². The average molecular weight is 140 g/mol. The number of terminal acetylenes is 1. The van der Waals surface area contributed by atoms with E-state index in [1.165, 1.54) is 0 Å². The molecule has 60 valence electrons. The third-order valence-corrected chi connectivity index (χ3v) is 0. The first-order valence-corrected chi connectivity index (χ1v) is 3.27. The van der Waals surface area contributed by atoms with Gasteiger partial charge >= 0.3 is 0 Å². The van der Waals surface area contributed by atoms with Crippen LogP contribution in [0, 0.1) is 12.3 Å². The van der Waals surface area contributed by atoms with Gasteiger partial charge in [-0.2, -0.15) is 0 Å². The molecule has 0 heteroatoms. The summed E-state index contributed by atoms with van der Waals surface area (Å²) in [4.78, 5) is 0. The van der Waals surface area contributed by atoms with Crippen molar-refractivity contribution in [2.24, 2.45) is 0 Å². The lowest BCUT2D eigenvalue weighted by Gasteiger charge is -1.31. The van der Waals surface area contributed by atoms with Gasteiger partial charge in [0, 0.05) is 0 Å². The second kappa shape index (κ2) is 368. The first-order valence-electron chi connectivity index (χ1n) is 3.27. The number of allylic oxidation sites excluding steroid dienone is 1. The summed E-state index contributed by atoms with van der Waals surface area (Å²) >= 11 is 0. The summed E-state index contributed by atoms with van der Waals surface area (Å²) in [7, 11) is 0. The molecule has 0 nitrogen and oxygen atoms in total. The molecule has 0 aliphatic carbocycles. The second-order valence-electron chi connectivity index (χ2n) is 0.697. The van der Waals surface area contributed by atoms with Gasteiger partial charge in [0.05, 0.1) is 0 Å². The number of rotatable bonds is 0. The lowest BCUT2D eigenvalue weighted by atomic mass is 10.8. The molecule has 10 heavy (non-hydrogen) atoms. The second-order valence-corrected chi connectivity index (χ2v) is 0.697. The smallest absolute Gasteiger partial charge is 0.00297 e. The van der Waals surface area contributed by atoms with Gasteiger partial charge in [0.2, 0.25) is 0 Å². The van der Waals surface area contributed by atoms with E-state index in [4.69, 9.17) is 0 Å². The quantitative estimate of drug-likeness (QED) is 0.356. The minimum atomic E-state index is 1.65. The molecule has 0 aliphatic rings. The van der Waals surface area contributed by atoms with E-state index in [0.29, 0.717) is 0 Å². The molecule has 0 rings (SSSR count). The lowest BCUT2D eigenvalue weighted by Crippen LogP contribution is -1.10. The molecule has 0 aliphatic heterocycles. The van der Waals surface area contributed by atoms with Gasteiger partial charge in [0.15, 0.2) is 0 Å². The first kappa shape index (κ1) is 23.0. The van der Waals surface area contributed by atoms with Crippen LogP contribution >= 0.6 is 0 Å². The predicted octanol–water partition coefficient (Wildman–Crippen LogP) is 3.66. The molecule has 0 spiro atoms. The maximum Gasteiger partial charge on any atom is -0.00297 e. The van der Waals surface area contributed by atoms with Gasteiger partial charge in [-0.15, -0.1) is 32.1 Å². The van der Waals surface area contributed by atoms with Crippen molar-refractivity contribution in [2.45, 2.75) is 27.7 Å². The van der Waals surface area contributed by atoms with E-state index in [2.05, 4.69) is 32.1 Å². The third kappa shape index (κ3) is 279. The molecule has 0 saturated carbocycles. The maximum absolute atomic E-state index is 4.60. The van der Waals surface area contributed by atoms with Crippen molar-refractivity contribution in [1.82, 2.24) is 0 Å². The van der Waals surface area contributed by atoms with Crippen molar-refractivity contribution in [3.63, 3.8) is 0 Å². The summed E-state index contributed by atoms with van der Waals surface area (Å²) in [6.45, 7) is 16.9. The molecule has 0 unspecified atom stereocenters. The zero-order valence-corrected chi connectivity index (χ0v) is 7.78. The highest BCUT2D eigenvalue weighted by Crippen LogP contribution is 1.38. The number of hydrogen-bond donors (Lipinski definition) is 0. The predicted molar refractivity (Wildman–Crippen MR) is 53.0 cm³/mol. The standard InChI is InChI=1S/C3H6.C3H4.C2H6.C2H4/c2*1-3-2;2*1-2/h3H,1H2,2H3;1H,2H3;1-2H3;1-2H2. The fourth-order valence-corrected chi connectivity index (χ4v) is 0. The summed E-state index contributed by atoms with van der Waals surface area (Å²) in [6.07, 6.45) is 6.35. The van der Waals surface area contributed by atoms with Crippen LogP contribution in [0.4, 0.5) is 0 Å². The van der Waals surface area contributed by atoms with Crippen molar-refractivity contribution >= 4 is 0 Å². The van der Waals surface area contributed by atoms with Gasteiger partial charge in [-0.25, -0.2) is 0 Å². The third-order valence-electron chi connectivity index (χ3n) is 0. The summed E-state index contributed by atoms with van der Waals surface area (Å²) < 4.78 is 0. The van der Waals surface area contributed by atoms with Crippen molar-refractivity contribution < 1.29 is 0 Å². The normalized spacial score (nSPS) is 3.10. The summed E-state index contributed by atoms with van der Waals surface area (Å²) in [5.41, 5.74) is 0. The van der Waals surface area contributed by atoms with E-state index in [9.17, 15) is 0 Å². The molecular weight excluding hydrogens is 120 g/mol. The molecule has 0 saturated heterocycles. The van der Waals surface area contributed by atoms with E-state index >= 15 is 0 Å². The van der Waals surface area contributed by atoms with E-state index < -0.39 is 0 Å². The summed E-state index contributed by atoms with van der Waals surface area (Å²) in [6, 6.07) is 0. The molecule has 0 N–H and O–H groups in total. The lowest BCUT2D eigenvalue weighted by molar-refractivity contribution is 1.50. The van der Waals surface area contributed by atoms with Crippen LogP contribution in [0.3, 0.4) is 0 Å². The van der Waals surface area contributed by atoms with Gasteiger partial charge in [0.25, 0.3) is 0 Å². The van der Waals surface area contributed by atoms with Crippen LogP contribution in [0.25, 0.3) is 0 Å². The summed E-state index contributed by atoms with van der Waals surface area (Å²) in [5.74, 6) is 2.25. The minimum Gasteiger partial charge on any atom is -0.120 e. The average Bonchev–Trinajstić information content (AvgIpc) is 1.99. The van der Waals surface area contributed by atoms with Crippen LogP contribution < -0.4 is 0 Å². The Morgan fingerprint density at radius 2 is 1.30 bits per heavy atom. The van der Waals surface area contributed by atoms with Crippen molar-refractivity contribution in [1.29, 1.82) is 0 Å². The molecule has 0 aromatic heterocycles. The zero-order chi connectivity index (χ0) is 9.41. The highest BCUT2D eigenvalue weighted by molar-refractivity contribution is 4.73. The first-order chi connectivity index (χ1) is 4.83. The van der Waals surface area contributed by atoms with Crippen LogP contribution in [0.1, 0.15) is 27.7 Å². The Bertz CT molecular complexity index is 54.9. The number of hydrogen-bond acceptors (Lipinski definition) is 0. The van der Waals surface area contributed by atoms with Gasteiger partial charge in [-0.1, -0.05) is 19.9 Å². The van der Waals surface area contributed by atoms with Crippen molar-refractivity contribution in [3.05, 3.63) is 25.8 Å². The molecule has 0 aromatic carbocycles. The molecular formula is C10H20. The summed E-state index contributed by atoms with van der Waals surface area (Å²) in [5, 5.41) is 0. The Labute approximate surface area is 66.7 Å². The van der Waals surface area contributed by atoms with Gasteiger partial charge in [-0.05, 0) is 13.8 Å². The molecule has 0 atom stereocenters. The van der Waals surface area contributed by atoms with E-state index in [1.807, 2.05) is 20.8 Å². The molecule has 0 bridgehead atoms. The fraction of sp³-hybridized carbons (Fsp3) is 0.400. The monoisotopic (exact) mass is 140 g/mol. The molecule has 0 radical (unpaired) electrons. The fourth-order valence-electron chi connectivity index (χ4n) is 0. The topological polar surface area (TPSA) is 0 Å². The maximum atomic E-state index is 4.60. The van der Waals surface area contributed by atoms with Gasteiger partial charge < -0.3 is 0 Å². The molecule has 0 aromatic rings. The van der Waals surface area contributed by atoms with Crippen molar-refractivity contribution in [2.75, 3.05) is 0 Å². The zero-order valence-electron chi connectivity index (χ0n) is 7.78. The van der Waals surface area contributed by atoms with Crippen LogP contribution in [-0.2, 0) is 0 Å². The highest BCUT2D eigenvalue weighted by atomic mass is 13.2. The van der Waals surface area contributed by atoms with Crippen LogP contribution in [-0.4, -0.2) is 0 Å². The minimum absolute atomic E-state index is 1.65.